The van der Waals surface area contributed by atoms with Gasteiger partial charge in [-0.15, -0.1) is 0 Å². The SMILES string of the molecule is O=C(NCCc1ccccc1F)C1CCCSC1. The maximum absolute atomic E-state index is 13.4. The van der Waals surface area contributed by atoms with E-state index in [0.717, 1.165) is 18.6 Å². The Morgan fingerprint density at radius 2 is 2.28 bits per heavy atom. The topological polar surface area (TPSA) is 29.1 Å². The van der Waals surface area contributed by atoms with Gasteiger partial charge in [0.05, 0.1) is 0 Å². The maximum Gasteiger partial charge on any atom is 0.223 e. The van der Waals surface area contributed by atoms with Crippen molar-refractivity contribution in [2.45, 2.75) is 19.3 Å². The molecule has 0 aromatic heterocycles. The highest BCUT2D eigenvalue weighted by atomic mass is 32.2. The van der Waals surface area contributed by atoms with E-state index in [0.29, 0.717) is 18.5 Å². The average Bonchev–Trinajstić information content (AvgIpc) is 2.42. The molecule has 1 fully saturated rings. The van der Waals surface area contributed by atoms with E-state index in [-0.39, 0.29) is 17.6 Å². The van der Waals surface area contributed by atoms with Gasteiger partial charge in [-0.2, -0.15) is 11.8 Å². The van der Waals surface area contributed by atoms with Crippen LogP contribution in [0.4, 0.5) is 4.39 Å². The van der Waals surface area contributed by atoms with Crippen molar-refractivity contribution in [3.8, 4) is 0 Å². The van der Waals surface area contributed by atoms with Crippen LogP contribution < -0.4 is 5.32 Å². The van der Waals surface area contributed by atoms with Gasteiger partial charge in [-0.25, -0.2) is 4.39 Å². The highest BCUT2D eigenvalue weighted by molar-refractivity contribution is 7.99. The highest BCUT2D eigenvalue weighted by Crippen LogP contribution is 2.22. The van der Waals surface area contributed by atoms with Gasteiger partial charge in [0.25, 0.3) is 0 Å². The fourth-order valence-corrected chi connectivity index (χ4v) is 3.25. The Morgan fingerprint density at radius 3 is 3.00 bits per heavy atom. The van der Waals surface area contributed by atoms with Gasteiger partial charge < -0.3 is 5.32 Å². The summed E-state index contributed by atoms with van der Waals surface area (Å²) < 4.78 is 13.4. The lowest BCUT2D eigenvalue weighted by Gasteiger charge is -2.20. The number of halogens is 1. The lowest BCUT2D eigenvalue weighted by molar-refractivity contribution is -0.124. The van der Waals surface area contributed by atoms with Crippen LogP contribution in [0.2, 0.25) is 0 Å². The van der Waals surface area contributed by atoms with Crippen LogP contribution in [0, 0.1) is 11.7 Å². The second-order valence-electron chi connectivity index (χ2n) is 4.55. The molecule has 1 aliphatic rings. The number of nitrogens with one attached hydrogen (secondary N) is 1. The third-order valence-corrected chi connectivity index (χ3v) is 4.40. The quantitative estimate of drug-likeness (QED) is 0.908. The average molecular weight is 267 g/mol. The molecule has 1 saturated heterocycles. The number of rotatable bonds is 4. The first kappa shape index (κ1) is 13.4. The lowest BCUT2D eigenvalue weighted by atomic mass is 10.0. The van der Waals surface area contributed by atoms with E-state index in [1.165, 1.54) is 11.8 Å². The third kappa shape index (κ3) is 3.73. The standard InChI is InChI=1S/C14H18FNOS/c15-13-6-2-1-4-11(13)7-8-16-14(17)12-5-3-9-18-10-12/h1-2,4,6,12H,3,5,7-10H2,(H,16,17). The molecule has 98 valence electrons. The molecule has 2 rings (SSSR count). The molecule has 1 N–H and O–H groups in total. The molecule has 0 saturated carbocycles. The largest absolute Gasteiger partial charge is 0.356 e. The first-order valence-corrected chi connectivity index (χ1v) is 7.51. The van der Waals surface area contributed by atoms with Crippen molar-refractivity contribution in [1.82, 2.24) is 5.32 Å². The first-order valence-electron chi connectivity index (χ1n) is 6.36. The summed E-state index contributed by atoms with van der Waals surface area (Å²) in [6.07, 6.45) is 2.66. The zero-order chi connectivity index (χ0) is 12.8. The maximum atomic E-state index is 13.4. The van der Waals surface area contributed by atoms with Gasteiger partial charge in [-0.1, -0.05) is 18.2 Å². The monoisotopic (exact) mass is 267 g/mol. The van der Waals surface area contributed by atoms with Gasteiger partial charge in [-0.3, -0.25) is 4.79 Å². The highest BCUT2D eigenvalue weighted by Gasteiger charge is 2.20. The van der Waals surface area contributed by atoms with E-state index >= 15 is 0 Å². The first-order chi connectivity index (χ1) is 8.77. The van der Waals surface area contributed by atoms with Gasteiger partial charge in [0.1, 0.15) is 5.82 Å². The molecule has 1 heterocycles. The normalized spacial score (nSPS) is 19.5. The molecule has 2 nitrogen and oxygen atoms in total. The molecule has 1 amide bonds. The minimum absolute atomic E-state index is 0.124. The minimum atomic E-state index is -0.194. The van der Waals surface area contributed by atoms with E-state index in [9.17, 15) is 9.18 Å². The van der Waals surface area contributed by atoms with Crippen molar-refractivity contribution < 1.29 is 9.18 Å². The Balaban J connectivity index is 1.75. The van der Waals surface area contributed by atoms with Crippen LogP contribution in [-0.4, -0.2) is 24.0 Å². The van der Waals surface area contributed by atoms with Gasteiger partial charge in [0, 0.05) is 18.2 Å². The second-order valence-corrected chi connectivity index (χ2v) is 5.70. The molecule has 1 atom stereocenters. The Hall–Kier alpha value is -1.03. The van der Waals surface area contributed by atoms with E-state index < -0.39 is 0 Å². The van der Waals surface area contributed by atoms with Crippen LogP contribution in [0.5, 0.6) is 0 Å². The van der Waals surface area contributed by atoms with E-state index in [2.05, 4.69) is 5.32 Å². The van der Waals surface area contributed by atoms with Crippen molar-refractivity contribution >= 4 is 17.7 Å². The summed E-state index contributed by atoms with van der Waals surface area (Å²) in [5.74, 6) is 2.16. The second kappa shape index (κ2) is 6.78. The molecule has 1 aromatic rings. The Kier molecular flexibility index (Phi) is 5.05. The van der Waals surface area contributed by atoms with Crippen molar-refractivity contribution in [1.29, 1.82) is 0 Å². The number of benzene rings is 1. The van der Waals surface area contributed by atoms with Crippen LogP contribution in [0.3, 0.4) is 0 Å². The molecule has 1 unspecified atom stereocenters. The fraction of sp³-hybridized carbons (Fsp3) is 0.500. The van der Waals surface area contributed by atoms with Gasteiger partial charge >= 0.3 is 0 Å². The molecule has 18 heavy (non-hydrogen) atoms. The van der Waals surface area contributed by atoms with Crippen molar-refractivity contribution in [2.24, 2.45) is 5.92 Å². The molecule has 0 bridgehead atoms. The number of hydrogen-bond donors (Lipinski definition) is 1. The van der Waals surface area contributed by atoms with Crippen LogP contribution in [0.1, 0.15) is 18.4 Å². The minimum Gasteiger partial charge on any atom is -0.356 e. The lowest BCUT2D eigenvalue weighted by Crippen LogP contribution is -2.34. The zero-order valence-electron chi connectivity index (χ0n) is 10.3. The Morgan fingerprint density at radius 1 is 1.44 bits per heavy atom. The summed E-state index contributed by atoms with van der Waals surface area (Å²) in [5, 5.41) is 2.91. The summed E-state index contributed by atoms with van der Waals surface area (Å²) in [6.45, 7) is 0.515. The Bertz CT molecular complexity index is 405. The molecular weight excluding hydrogens is 249 g/mol. The molecule has 1 aromatic carbocycles. The zero-order valence-corrected chi connectivity index (χ0v) is 11.1. The smallest absolute Gasteiger partial charge is 0.223 e. The molecular formula is C14H18FNOS. The number of carbonyl (C=O) groups is 1. The van der Waals surface area contributed by atoms with E-state index in [1.807, 2.05) is 17.8 Å². The Labute approximate surface area is 111 Å². The molecule has 0 radical (unpaired) electrons. The van der Waals surface area contributed by atoms with Gasteiger partial charge in [-0.05, 0) is 36.6 Å². The summed E-state index contributed by atoms with van der Waals surface area (Å²) in [6, 6.07) is 6.71. The van der Waals surface area contributed by atoms with E-state index in [4.69, 9.17) is 0 Å². The van der Waals surface area contributed by atoms with E-state index in [1.54, 1.807) is 12.1 Å². The number of hydrogen-bond acceptors (Lipinski definition) is 2. The summed E-state index contributed by atoms with van der Waals surface area (Å²) in [4.78, 5) is 11.9. The van der Waals surface area contributed by atoms with Crippen LogP contribution in [0.15, 0.2) is 24.3 Å². The van der Waals surface area contributed by atoms with Crippen LogP contribution in [-0.2, 0) is 11.2 Å². The fourth-order valence-electron chi connectivity index (χ4n) is 2.11. The summed E-state index contributed by atoms with van der Waals surface area (Å²) in [5.41, 5.74) is 0.663. The third-order valence-electron chi connectivity index (χ3n) is 3.18. The van der Waals surface area contributed by atoms with Crippen molar-refractivity contribution in [3.05, 3.63) is 35.6 Å². The number of amides is 1. The summed E-state index contributed by atoms with van der Waals surface area (Å²) >= 11 is 1.84. The molecule has 0 aliphatic carbocycles. The number of thioether (sulfide) groups is 1. The predicted octanol–water partition coefficient (Wildman–Crippen LogP) is 2.63. The molecule has 0 spiro atoms. The molecule has 4 heteroatoms. The molecule has 1 aliphatic heterocycles. The van der Waals surface area contributed by atoms with Crippen molar-refractivity contribution in [2.75, 3.05) is 18.1 Å². The van der Waals surface area contributed by atoms with Crippen molar-refractivity contribution in [3.63, 3.8) is 0 Å². The van der Waals surface area contributed by atoms with Gasteiger partial charge in [0.15, 0.2) is 0 Å². The predicted molar refractivity (Wildman–Crippen MR) is 73.2 cm³/mol. The van der Waals surface area contributed by atoms with Gasteiger partial charge in [0.2, 0.25) is 5.91 Å². The van der Waals surface area contributed by atoms with Crippen LogP contribution in [0.25, 0.3) is 0 Å². The van der Waals surface area contributed by atoms with Crippen LogP contribution >= 0.6 is 11.8 Å². The number of carbonyl (C=O) groups excluding carboxylic acids is 1. The summed E-state index contributed by atoms with van der Waals surface area (Å²) in [7, 11) is 0.